The van der Waals surface area contributed by atoms with E-state index in [9.17, 15) is 27.6 Å². The fraction of sp³-hybridized carbons (Fsp3) is 0.423. The Morgan fingerprint density at radius 3 is 2.29 bits per heavy atom. The number of nitrogens with one attached hydrogen (secondary N) is 2. The van der Waals surface area contributed by atoms with Crippen LogP contribution in [0.25, 0.3) is 0 Å². The Morgan fingerprint density at radius 1 is 1.08 bits per heavy atom. The highest BCUT2D eigenvalue weighted by Crippen LogP contribution is 2.30. The number of alkyl halides is 3. The lowest BCUT2D eigenvalue weighted by Gasteiger charge is -2.20. The summed E-state index contributed by atoms with van der Waals surface area (Å²) in [5.41, 5.74) is 18.1. The van der Waals surface area contributed by atoms with Gasteiger partial charge in [0.2, 0.25) is 18.2 Å². The number of hydrogen-bond donors (Lipinski definition) is 5. The van der Waals surface area contributed by atoms with Crippen LogP contribution in [0.3, 0.4) is 0 Å². The molecule has 0 aromatic heterocycles. The molecule has 2 aromatic carbocycles. The molecule has 1 heterocycles. The van der Waals surface area contributed by atoms with Crippen molar-refractivity contribution in [3.63, 3.8) is 0 Å². The lowest BCUT2D eigenvalue weighted by Crippen LogP contribution is -2.47. The molecular weight excluding hydrogens is 501 g/mol. The normalized spacial score (nSPS) is 18.6. The number of rotatable bonds is 9. The van der Waals surface area contributed by atoms with E-state index in [0.717, 1.165) is 25.0 Å². The maximum Gasteiger partial charge on any atom is 0.416 e. The molecule has 3 rings (SSSR count). The zero-order chi connectivity index (χ0) is 28.3. The largest absolute Gasteiger partial charge is 0.416 e. The van der Waals surface area contributed by atoms with E-state index in [-0.39, 0.29) is 42.0 Å². The first-order chi connectivity index (χ1) is 17.9. The number of anilines is 1. The Morgan fingerprint density at radius 2 is 1.71 bits per heavy atom. The van der Waals surface area contributed by atoms with Gasteiger partial charge in [-0.25, -0.2) is 0 Å². The summed E-state index contributed by atoms with van der Waals surface area (Å²) in [6.07, 6.45) is -2.39. The SMILES string of the molecule is CC(CCc1ccccc1)NC(=O)C(N)CC(=O)N1CC(N)C(N)C1.O=CNc1cccc(C(F)(F)F)c1. The average Bonchev–Trinajstić information content (AvgIpc) is 3.22. The summed E-state index contributed by atoms with van der Waals surface area (Å²) in [5.74, 6) is -0.482. The van der Waals surface area contributed by atoms with Gasteiger partial charge in [0.05, 0.1) is 18.0 Å². The number of aryl methyl sites for hydroxylation is 1. The molecule has 12 heteroatoms. The second-order valence-electron chi connectivity index (χ2n) is 9.21. The van der Waals surface area contributed by atoms with E-state index in [0.29, 0.717) is 19.5 Å². The average molecular weight is 537 g/mol. The van der Waals surface area contributed by atoms with Crippen molar-refractivity contribution in [1.29, 1.82) is 0 Å². The number of carbonyl (C=O) groups is 3. The highest BCUT2D eigenvalue weighted by atomic mass is 19.4. The van der Waals surface area contributed by atoms with Gasteiger partial charge in [-0.15, -0.1) is 0 Å². The molecule has 9 nitrogen and oxygen atoms in total. The minimum absolute atomic E-state index is 0.0116. The van der Waals surface area contributed by atoms with Gasteiger partial charge in [-0.1, -0.05) is 36.4 Å². The van der Waals surface area contributed by atoms with Crippen molar-refractivity contribution in [3.05, 3.63) is 65.7 Å². The molecule has 4 unspecified atom stereocenters. The predicted molar refractivity (Wildman–Crippen MR) is 139 cm³/mol. The molecule has 38 heavy (non-hydrogen) atoms. The van der Waals surface area contributed by atoms with Gasteiger partial charge in [0.15, 0.2) is 0 Å². The molecular formula is C26H35F3N6O3. The maximum atomic E-state index is 12.2. The third kappa shape index (κ3) is 10.1. The molecule has 0 radical (unpaired) electrons. The molecule has 0 spiro atoms. The number of carbonyl (C=O) groups excluding carboxylic acids is 3. The molecule has 1 fully saturated rings. The summed E-state index contributed by atoms with van der Waals surface area (Å²) in [6, 6.07) is 13.2. The van der Waals surface area contributed by atoms with Gasteiger partial charge in [-0.2, -0.15) is 13.2 Å². The Kier molecular flexibility index (Phi) is 11.7. The highest BCUT2D eigenvalue weighted by molar-refractivity contribution is 5.88. The van der Waals surface area contributed by atoms with Crippen LogP contribution in [-0.4, -0.2) is 60.4 Å². The van der Waals surface area contributed by atoms with E-state index in [1.165, 1.54) is 17.7 Å². The van der Waals surface area contributed by atoms with Crippen molar-refractivity contribution in [2.45, 2.75) is 56.5 Å². The maximum absolute atomic E-state index is 12.2. The molecule has 1 aliphatic rings. The zero-order valence-electron chi connectivity index (χ0n) is 21.2. The van der Waals surface area contributed by atoms with Crippen molar-refractivity contribution < 1.29 is 27.6 Å². The van der Waals surface area contributed by atoms with Gasteiger partial charge in [-0.3, -0.25) is 14.4 Å². The topological polar surface area (TPSA) is 157 Å². The number of nitrogens with zero attached hydrogens (tertiary/aromatic N) is 1. The second kappa shape index (κ2) is 14.5. The van der Waals surface area contributed by atoms with Crippen LogP contribution in [0.15, 0.2) is 54.6 Å². The lowest BCUT2D eigenvalue weighted by molar-refractivity contribution is -0.137. The Bertz CT molecular complexity index is 1040. The van der Waals surface area contributed by atoms with E-state index < -0.39 is 17.8 Å². The zero-order valence-corrected chi connectivity index (χ0v) is 21.2. The molecule has 4 atom stereocenters. The Balaban J connectivity index is 0.000000328. The molecule has 1 aliphatic heterocycles. The van der Waals surface area contributed by atoms with Gasteiger partial charge in [0, 0.05) is 36.9 Å². The van der Waals surface area contributed by atoms with Crippen LogP contribution in [-0.2, 0) is 27.0 Å². The van der Waals surface area contributed by atoms with Crippen molar-refractivity contribution in [3.8, 4) is 0 Å². The third-order valence-electron chi connectivity index (χ3n) is 6.01. The van der Waals surface area contributed by atoms with Gasteiger partial charge in [0.25, 0.3) is 0 Å². The third-order valence-corrected chi connectivity index (χ3v) is 6.01. The minimum atomic E-state index is -4.37. The standard InChI is InChI=1S/C18H29N5O2.C8H6F3NO/c1-12(7-8-13-5-3-2-4-6-13)22-18(25)14(19)9-17(24)23-10-15(20)16(21)11-23;9-8(10,11)6-2-1-3-7(4-6)12-5-13/h2-6,12,14-16H,7-11,19-21H2,1H3,(H,22,25);1-5H,(H,12,13). The van der Waals surface area contributed by atoms with E-state index >= 15 is 0 Å². The molecule has 208 valence electrons. The van der Waals surface area contributed by atoms with Gasteiger partial charge in [-0.05, 0) is 43.5 Å². The lowest BCUT2D eigenvalue weighted by atomic mass is 10.1. The van der Waals surface area contributed by atoms with E-state index in [1.807, 2.05) is 25.1 Å². The van der Waals surface area contributed by atoms with Gasteiger partial charge >= 0.3 is 6.18 Å². The second-order valence-corrected chi connectivity index (χ2v) is 9.21. The first-order valence-corrected chi connectivity index (χ1v) is 12.2. The van der Waals surface area contributed by atoms with E-state index in [1.54, 1.807) is 4.90 Å². The number of amides is 3. The fourth-order valence-electron chi connectivity index (χ4n) is 3.77. The summed E-state index contributed by atoms with van der Waals surface area (Å²) in [7, 11) is 0. The number of benzene rings is 2. The fourth-order valence-corrected chi connectivity index (χ4v) is 3.77. The van der Waals surface area contributed by atoms with E-state index in [2.05, 4.69) is 22.8 Å². The van der Waals surface area contributed by atoms with Crippen LogP contribution in [0.2, 0.25) is 0 Å². The Hall–Kier alpha value is -3.48. The summed E-state index contributed by atoms with van der Waals surface area (Å²) in [6.45, 7) is 2.78. The smallest absolute Gasteiger partial charge is 0.352 e. The van der Waals surface area contributed by atoms with Crippen molar-refractivity contribution in [2.24, 2.45) is 17.2 Å². The molecule has 0 saturated carbocycles. The van der Waals surface area contributed by atoms with Crippen LogP contribution in [0, 0.1) is 0 Å². The minimum Gasteiger partial charge on any atom is -0.352 e. The molecule has 0 bridgehead atoms. The van der Waals surface area contributed by atoms with Crippen molar-refractivity contribution in [2.75, 3.05) is 18.4 Å². The quantitative estimate of drug-likeness (QED) is 0.307. The molecule has 0 aliphatic carbocycles. The van der Waals surface area contributed by atoms with Crippen LogP contribution in [0.5, 0.6) is 0 Å². The van der Waals surface area contributed by atoms with Crippen molar-refractivity contribution >= 4 is 23.9 Å². The van der Waals surface area contributed by atoms with Gasteiger partial charge in [0.1, 0.15) is 0 Å². The summed E-state index contributed by atoms with van der Waals surface area (Å²) in [5, 5.41) is 5.02. The number of nitrogens with two attached hydrogens (primary N) is 3. The van der Waals surface area contributed by atoms with Crippen LogP contribution >= 0.6 is 0 Å². The molecule has 8 N–H and O–H groups in total. The van der Waals surface area contributed by atoms with Crippen LogP contribution in [0.4, 0.5) is 18.9 Å². The summed E-state index contributed by atoms with van der Waals surface area (Å²) < 4.78 is 36.3. The highest BCUT2D eigenvalue weighted by Gasteiger charge is 2.32. The summed E-state index contributed by atoms with van der Waals surface area (Å²) >= 11 is 0. The number of hydrogen-bond acceptors (Lipinski definition) is 6. The van der Waals surface area contributed by atoms with E-state index in [4.69, 9.17) is 17.2 Å². The van der Waals surface area contributed by atoms with Gasteiger partial charge < -0.3 is 32.7 Å². The van der Waals surface area contributed by atoms with Crippen LogP contribution in [0.1, 0.15) is 30.9 Å². The number of likely N-dealkylation sites (tertiary alicyclic amines) is 1. The molecule has 2 aromatic rings. The van der Waals surface area contributed by atoms with Crippen LogP contribution < -0.4 is 27.8 Å². The predicted octanol–water partition coefficient (Wildman–Crippen LogP) is 1.61. The van der Waals surface area contributed by atoms with Crippen molar-refractivity contribution in [1.82, 2.24) is 10.2 Å². The Labute approximate surface area is 219 Å². The summed E-state index contributed by atoms with van der Waals surface area (Å²) in [4.78, 5) is 35.9. The molecule has 1 saturated heterocycles. The molecule has 3 amide bonds. The first-order valence-electron chi connectivity index (χ1n) is 12.2. The number of halogens is 3. The first kappa shape index (κ1) is 30.7. The monoisotopic (exact) mass is 536 g/mol.